The molecule has 0 aromatic carbocycles. The Labute approximate surface area is 71.5 Å². The third-order valence-electron chi connectivity index (χ3n) is 1.35. The van der Waals surface area contributed by atoms with Crippen molar-refractivity contribution in [3.63, 3.8) is 0 Å². The maximum atomic E-state index is 5.58. The standard InChI is InChI=1S/C8H12ClNO/c1-2-5-10-6-7-3-4-8(9)11-7/h3-4,10H,2,5-6H2,1H3. The van der Waals surface area contributed by atoms with Gasteiger partial charge in [0.15, 0.2) is 5.22 Å². The highest BCUT2D eigenvalue weighted by molar-refractivity contribution is 6.28. The number of halogens is 1. The van der Waals surface area contributed by atoms with Gasteiger partial charge in [-0.15, -0.1) is 0 Å². The van der Waals surface area contributed by atoms with Crippen LogP contribution in [-0.2, 0) is 6.54 Å². The Hall–Kier alpha value is -0.470. The molecular weight excluding hydrogens is 162 g/mol. The molecule has 2 nitrogen and oxygen atoms in total. The zero-order chi connectivity index (χ0) is 8.10. The van der Waals surface area contributed by atoms with Gasteiger partial charge in [0.25, 0.3) is 0 Å². The van der Waals surface area contributed by atoms with Crippen LogP contribution in [0.4, 0.5) is 0 Å². The average molecular weight is 174 g/mol. The Bertz CT molecular complexity index is 210. The SMILES string of the molecule is CCCNCc1ccc(Cl)o1. The normalized spacial score (nSPS) is 10.4. The summed E-state index contributed by atoms with van der Waals surface area (Å²) in [6.45, 7) is 3.90. The second kappa shape index (κ2) is 4.42. The van der Waals surface area contributed by atoms with Gasteiger partial charge in [-0.3, -0.25) is 0 Å². The largest absolute Gasteiger partial charge is 0.448 e. The predicted octanol–water partition coefficient (Wildman–Crippen LogP) is 2.43. The van der Waals surface area contributed by atoms with Gasteiger partial charge in [-0.2, -0.15) is 0 Å². The number of hydrogen-bond donors (Lipinski definition) is 1. The molecule has 0 saturated carbocycles. The van der Waals surface area contributed by atoms with Gasteiger partial charge in [0, 0.05) is 0 Å². The molecule has 0 aliphatic heterocycles. The molecule has 0 atom stereocenters. The molecule has 0 aliphatic carbocycles. The number of furan rings is 1. The van der Waals surface area contributed by atoms with Gasteiger partial charge in [0.05, 0.1) is 6.54 Å². The molecule has 0 spiro atoms. The van der Waals surface area contributed by atoms with E-state index in [2.05, 4.69) is 12.2 Å². The van der Waals surface area contributed by atoms with Crippen LogP contribution in [0.25, 0.3) is 0 Å². The second-order valence-electron chi connectivity index (χ2n) is 2.38. The zero-order valence-corrected chi connectivity index (χ0v) is 7.32. The second-order valence-corrected chi connectivity index (χ2v) is 2.76. The molecule has 0 amide bonds. The first-order valence-corrected chi connectivity index (χ1v) is 4.15. The first kappa shape index (κ1) is 8.62. The molecule has 1 aromatic rings. The third-order valence-corrected chi connectivity index (χ3v) is 1.56. The Kier molecular flexibility index (Phi) is 3.46. The van der Waals surface area contributed by atoms with E-state index in [1.807, 2.05) is 6.07 Å². The fraction of sp³-hybridized carbons (Fsp3) is 0.500. The maximum absolute atomic E-state index is 5.58. The van der Waals surface area contributed by atoms with Gasteiger partial charge in [-0.1, -0.05) is 6.92 Å². The zero-order valence-electron chi connectivity index (χ0n) is 6.56. The monoisotopic (exact) mass is 173 g/mol. The fourth-order valence-electron chi connectivity index (χ4n) is 0.835. The van der Waals surface area contributed by atoms with E-state index in [0.717, 1.165) is 25.3 Å². The van der Waals surface area contributed by atoms with Crippen LogP contribution < -0.4 is 5.32 Å². The van der Waals surface area contributed by atoms with E-state index >= 15 is 0 Å². The van der Waals surface area contributed by atoms with E-state index in [9.17, 15) is 0 Å². The molecule has 1 aromatic heterocycles. The summed E-state index contributed by atoms with van der Waals surface area (Å²) in [6.07, 6.45) is 1.13. The lowest BCUT2D eigenvalue weighted by Crippen LogP contribution is -2.12. The van der Waals surface area contributed by atoms with Crippen molar-refractivity contribution in [2.24, 2.45) is 0 Å². The van der Waals surface area contributed by atoms with E-state index in [4.69, 9.17) is 16.0 Å². The van der Waals surface area contributed by atoms with Crippen molar-refractivity contribution in [2.75, 3.05) is 6.54 Å². The summed E-state index contributed by atoms with van der Waals surface area (Å²) in [5.74, 6) is 0.892. The third kappa shape index (κ3) is 2.95. The summed E-state index contributed by atoms with van der Waals surface area (Å²) in [6, 6.07) is 3.63. The van der Waals surface area contributed by atoms with Gasteiger partial charge in [-0.05, 0) is 36.7 Å². The number of nitrogens with one attached hydrogen (secondary N) is 1. The smallest absolute Gasteiger partial charge is 0.193 e. The molecule has 1 rings (SSSR count). The molecule has 0 unspecified atom stereocenters. The van der Waals surface area contributed by atoms with Crippen LogP contribution in [0.1, 0.15) is 19.1 Å². The minimum Gasteiger partial charge on any atom is -0.448 e. The molecule has 11 heavy (non-hydrogen) atoms. The molecule has 1 N–H and O–H groups in total. The summed E-state index contributed by atoms with van der Waals surface area (Å²) < 4.78 is 5.13. The molecule has 1 heterocycles. The van der Waals surface area contributed by atoms with Gasteiger partial charge >= 0.3 is 0 Å². The number of hydrogen-bond acceptors (Lipinski definition) is 2. The Balaban J connectivity index is 2.27. The van der Waals surface area contributed by atoms with E-state index < -0.39 is 0 Å². The molecule has 0 bridgehead atoms. The topological polar surface area (TPSA) is 25.2 Å². The molecule has 0 fully saturated rings. The molecule has 0 radical (unpaired) electrons. The van der Waals surface area contributed by atoms with Gasteiger partial charge < -0.3 is 9.73 Å². The summed E-state index contributed by atoms with van der Waals surface area (Å²) in [5, 5.41) is 3.67. The molecule has 62 valence electrons. The van der Waals surface area contributed by atoms with Crippen LogP contribution in [0.3, 0.4) is 0 Å². The summed E-state index contributed by atoms with van der Waals surface area (Å²) in [5.41, 5.74) is 0. The first-order valence-electron chi connectivity index (χ1n) is 3.78. The van der Waals surface area contributed by atoms with Crippen molar-refractivity contribution >= 4 is 11.6 Å². The highest BCUT2D eigenvalue weighted by Crippen LogP contribution is 2.12. The van der Waals surface area contributed by atoms with Gasteiger partial charge in [0.2, 0.25) is 0 Å². The van der Waals surface area contributed by atoms with Crippen molar-refractivity contribution in [2.45, 2.75) is 19.9 Å². The Morgan fingerprint density at radius 1 is 1.55 bits per heavy atom. The van der Waals surface area contributed by atoms with Crippen LogP contribution in [0.2, 0.25) is 5.22 Å². The first-order chi connectivity index (χ1) is 5.33. The van der Waals surface area contributed by atoms with Crippen molar-refractivity contribution in [1.29, 1.82) is 0 Å². The van der Waals surface area contributed by atoms with Crippen molar-refractivity contribution < 1.29 is 4.42 Å². The Morgan fingerprint density at radius 3 is 2.91 bits per heavy atom. The van der Waals surface area contributed by atoms with Crippen LogP contribution in [-0.4, -0.2) is 6.54 Å². The van der Waals surface area contributed by atoms with E-state index in [1.54, 1.807) is 6.07 Å². The van der Waals surface area contributed by atoms with E-state index in [0.29, 0.717) is 5.22 Å². The molecular formula is C8H12ClNO. The van der Waals surface area contributed by atoms with Gasteiger partial charge in [-0.25, -0.2) is 0 Å². The summed E-state index contributed by atoms with van der Waals surface area (Å²) in [7, 11) is 0. The quantitative estimate of drug-likeness (QED) is 0.708. The minimum atomic E-state index is 0.457. The Morgan fingerprint density at radius 2 is 2.36 bits per heavy atom. The molecule has 0 saturated heterocycles. The van der Waals surface area contributed by atoms with Crippen molar-refractivity contribution in [1.82, 2.24) is 5.32 Å². The lowest BCUT2D eigenvalue weighted by Gasteiger charge is -1.97. The van der Waals surface area contributed by atoms with E-state index in [-0.39, 0.29) is 0 Å². The highest BCUT2D eigenvalue weighted by atomic mass is 35.5. The minimum absolute atomic E-state index is 0.457. The van der Waals surface area contributed by atoms with Crippen molar-refractivity contribution in [3.05, 3.63) is 23.1 Å². The fourth-order valence-corrected chi connectivity index (χ4v) is 0.997. The van der Waals surface area contributed by atoms with Gasteiger partial charge in [0.1, 0.15) is 5.76 Å². The highest BCUT2D eigenvalue weighted by Gasteiger charge is 1.96. The molecule has 3 heteroatoms. The lowest BCUT2D eigenvalue weighted by atomic mass is 10.4. The maximum Gasteiger partial charge on any atom is 0.193 e. The average Bonchev–Trinajstić information content (AvgIpc) is 2.37. The summed E-state index contributed by atoms with van der Waals surface area (Å²) in [4.78, 5) is 0. The van der Waals surface area contributed by atoms with Crippen LogP contribution in [0.5, 0.6) is 0 Å². The number of rotatable bonds is 4. The van der Waals surface area contributed by atoms with E-state index in [1.165, 1.54) is 0 Å². The molecule has 0 aliphatic rings. The summed E-state index contributed by atoms with van der Waals surface area (Å²) >= 11 is 5.58. The lowest BCUT2D eigenvalue weighted by molar-refractivity contribution is 0.485. The predicted molar refractivity (Wildman–Crippen MR) is 45.7 cm³/mol. The van der Waals surface area contributed by atoms with Crippen LogP contribution in [0, 0.1) is 0 Å². The van der Waals surface area contributed by atoms with Crippen LogP contribution in [0.15, 0.2) is 16.5 Å². The van der Waals surface area contributed by atoms with Crippen molar-refractivity contribution in [3.8, 4) is 0 Å². The van der Waals surface area contributed by atoms with Crippen LogP contribution >= 0.6 is 11.6 Å².